The molecule has 2 fully saturated rings. The highest BCUT2D eigenvalue weighted by Crippen LogP contribution is 2.27. The van der Waals surface area contributed by atoms with Gasteiger partial charge >= 0.3 is 0 Å². The molecule has 1 spiro atoms. The van der Waals surface area contributed by atoms with E-state index in [1.165, 1.54) is 19.6 Å². The summed E-state index contributed by atoms with van der Waals surface area (Å²) in [6.45, 7) is 5.39. The first kappa shape index (κ1) is 7.53. The number of piperazine rings is 1. The molecule has 0 aliphatic carbocycles. The summed E-state index contributed by atoms with van der Waals surface area (Å²) in [5, 5.41) is 0. The molecule has 2 heterocycles. The van der Waals surface area contributed by atoms with Crippen molar-refractivity contribution >= 4 is 0 Å². The summed E-state index contributed by atoms with van der Waals surface area (Å²) in [7, 11) is 4.39. The third-order valence-corrected chi connectivity index (χ3v) is 2.93. The number of ether oxygens (including phenoxy) is 1. The summed E-state index contributed by atoms with van der Waals surface area (Å²) < 4.78 is 5.27. The van der Waals surface area contributed by atoms with E-state index in [1.54, 1.807) is 0 Å². The number of likely N-dealkylation sites (N-methyl/N-ethyl adjacent to an activating group) is 2. The Kier molecular flexibility index (Phi) is 1.67. The summed E-state index contributed by atoms with van der Waals surface area (Å²) in [4.78, 5) is 4.83. The highest BCUT2D eigenvalue weighted by molar-refractivity contribution is 5.00. The Balaban J connectivity index is 2.04. The van der Waals surface area contributed by atoms with Crippen LogP contribution >= 0.6 is 0 Å². The Bertz CT molecular complexity index is 156. The molecule has 0 unspecified atom stereocenters. The largest absolute Gasteiger partial charge is 0.377 e. The second kappa shape index (κ2) is 2.44. The molecular weight excluding hydrogens is 140 g/mol. The lowest BCUT2D eigenvalue weighted by Gasteiger charge is -2.53. The van der Waals surface area contributed by atoms with E-state index >= 15 is 0 Å². The molecule has 2 aliphatic heterocycles. The van der Waals surface area contributed by atoms with Gasteiger partial charge in [-0.1, -0.05) is 0 Å². The van der Waals surface area contributed by atoms with E-state index in [0.717, 1.165) is 13.2 Å². The van der Waals surface area contributed by atoms with Crippen LogP contribution in [0.5, 0.6) is 0 Å². The van der Waals surface area contributed by atoms with Crippen LogP contribution in [0, 0.1) is 0 Å². The molecule has 0 aromatic carbocycles. The van der Waals surface area contributed by atoms with Gasteiger partial charge in [0.25, 0.3) is 0 Å². The molecule has 0 atom stereocenters. The third kappa shape index (κ3) is 1.08. The predicted molar refractivity (Wildman–Crippen MR) is 43.7 cm³/mol. The second-order valence-corrected chi connectivity index (χ2v) is 3.88. The van der Waals surface area contributed by atoms with E-state index in [4.69, 9.17) is 4.74 Å². The van der Waals surface area contributed by atoms with E-state index in [0.29, 0.717) is 5.54 Å². The van der Waals surface area contributed by atoms with Crippen LogP contribution in [0.3, 0.4) is 0 Å². The molecule has 0 radical (unpaired) electrons. The topological polar surface area (TPSA) is 15.7 Å². The summed E-state index contributed by atoms with van der Waals surface area (Å²) in [5.74, 6) is 0. The minimum atomic E-state index is 0.368. The first-order chi connectivity index (χ1) is 5.23. The Hall–Kier alpha value is -0.120. The van der Waals surface area contributed by atoms with Crippen LogP contribution in [0.25, 0.3) is 0 Å². The lowest BCUT2D eigenvalue weighted by molar-refractivity contribution is -0.158. The molecule has 0 amide bonds. The Morgan fingerprint density at radius 3 is 2.36 bits per heavy atom. The lowest BCUT2D eigenvalue weighted by atomic mass is 9.93. The van der Waals surface area contributed by atoms with E-state index in [9.17, 15) is 0 Å². The lowest BCUT2D eigenvalue weighted by Crippen LogP contribution is -2.69. The normalized spacial score (nSPS) is 32.2. The Labute approximate surface area is 67.9 Å². The maximum absolute atomic E-state index is 5.27. The molecule has 2 saturated heterocycles. The van der Waals surface area contributed by atoms with Crippen LogP contribution in [0.4, 0.5) is 0 Å². The first-order valence-corrected chi connectivity index (χ1v) is 4.20. The van der Waals surface area contributed by atoms with Gasteiger partial charge in [-0.2, -0.15) is 0 Å². The molecule has 0 aromatic rings. The van der Waals surface area contributed by atoms with Gasteiger partial charge in [0, 0.05) is 19.6 Å². The average molecular weight is 156 g/mol. The van der Waals surface area contributed by atoms with Gasteiger partial charge in [0.15, 0.2) is 0 Å². The van der Waals surface area contributed by atoms with Crippen LogP contribution in [-0.2, 0) is 4.74 Å². The summed E-state index contributed by atoms with van der Waals surface area (Å²) in [6.07, 6.45) is 0. The highest BCUT2D eigenvalue weighted by Gasteiger charge is 2.45. The van der Waals surface area contributed by atoms with Crippen LogP contribution in [0.2, 0.25) is 0 Å². The van der Waals surface area contributed by atoms with Crippen LogP contribution < -0.4 is 0 Å². The second-order valence-electron chi connectivity index (χ2n) is 3.88. The smallest absolute Gasteiger partial charge is 0.0804 e. The Morgan fingerprint density at radius 1 is 1.18 bits per heavy atom. The van der Waals surface area contributed by atoms with E-state index in [2.05, 4.69) is 23.9 Å². The fraction of sp³-hybridized carbons (Fsp3) is 1.00. The molecule has 0 aromatic heterocycles. The zero-order valence-electron chi connectivity index (χ0n) is 7.34. The summed E-state index contributed by atoms with van der Waals surface area (Å²) >= 11 is 0. The first-order valence-electron chi connectivity index (χ1n) is 4.20. The van der Waals surface area contributed by atoms with Gasteiger partial charge in [0.2, 0.25) is 0 Å². The SMILES string of the molecule is CN1CCN(C)C2(COC2)C1. The van der Waals surface area contributed by atoms with Crippen LogP contribution in [-0.4, -0.2) is 62.3 Å². The minimum absolute atomic E-state index is 0.368. The molecule has 2 rings (SSSR count). The highest BCUT2D eigenvalue weighted by atomic mass is 16.5. The number of rotatable bonds is 0. The molecule has 0 bridgehead atoms. The van der Waals surface area contributed by atoms with E-state index in [-0.39, 0.29) is 0 Å². The van der Waals surface area contributed by atoms with Crippen molar-refractivity contribution in [2.45, 2.75) is 5.54 Å². The number of hydrogen-bond acceptors (Lipinski definition) is 3. The van der Waals surface area contributed by atoms with Gasteiger partial charge in [-0.15, -0.1) is 0 Å². The monoisotopic (exact) mass is 156 g/mol. The molecule has 0 saturated carbocycles. The predicted octanol–water partition coefficient (Wildman–Crippen LogP) is -0.367. The fourth-order valence-corrected chi connectivity index (χ4v) is 1.91. The van der Waals surface area contributed by atoms with Crippen LogP contribution in [0.15, 0.2) is 0 Å². The summed E-state index contributed by atoms with van der Waals surface area (Å²) in [6, 6.07) is 0. The van der Waals surface area contributed by atoms with Crippen molar-refractivity contribution < 1.29 is 4.74 Å². The molecule has 3 heteroatoms. The summed E-state index contributed by atoms with van der Waals surface area (Å²) in [5.41, 5.74) is 0.368. The molecular formula is C8H16N2O. The van der Waals surface area contributed by atoms with Gasteiger partial charge in [-0.3, -0.25) is 4.90 Å². The van der Waals surface area contributed by atoms with Crippen LogP contribution in [0.1, 0.15) is 0 Å². The van der Waals surface area contributed by atoms with Crippen molar-refractivity contribution in [1.82, 2.24) is 9.80 Å². The zero-order chi connectivity index (χ0) is 7.90. The van der Waals surface area contributed by atoms with Gasteiger partial charge in [-0.05, 0) is 14.1 Å². The Morgan fingerprint density at radius 2 is 1.91 bits per heavy atom. The standard InChI is InChI=1S/C8H16N2O/c1-9-3-4-10(2)8(5-9)6-11-7-8/h3-7H2,1-2H3. The fourth-order valence-electron chi connectivity index (χ4n) is 1.91. The molecule has 0 N–H and O–H groups in total. The molecule has 2 aliphatic rings. The van der Waals surface area contributed by atoms with Crippen molar-refractivity contribution in [3.05, 3.63) is 0 Å². The molecule has 3 nitrogen and oxygen atoms in total. The van der Waals surface area contributed by atoms with E-state index in [1.807, 2.05) is 0 Å². The van der Waals surface area contributed by atoms with Crippen molar-refractivity contribution in [3.8, 4) is 0 Å². The zero-order valence-corrected chi connectivity index (χ0v) is 7.34. The molecule has 64 valence electrons. The quantitative estimate of drug-likeness (QED) is 0.476. The van der Waals surface area contributed by atoms with Gasteiger partial charge < -0.3 is 9.64 Å². The maximum atomic E-state index is 5.27. The third-order valence-electron chi connectivity index (χ3n) is 2.93. The van der Waals surface area contributed by atoms with Crippen molar-refractivity contribution in [2.24, 2.45) is 0 Å². The average Bonchev–Trinajstić information content (AvgIpc) is 1.91. The van der Waals surface area contributed by atoms with Gasteiger partial charge in [-0.25, -0.2) is 0 Å². The van der Waals surface area contributed by atoms with E-state index < -0.39 is 0 Å². The number of hydrogen-bond donors (Lipinski definition) is 0. The van der Waals surface area contributed by atoms with Crippen molar-refractivity contribution in [3.63, 3.8) is 0 Å². The van der Waals surface area contributed by atoms with Gasteiger partial charge in [0.05, 0.1) is 18.8 Å². The minimum Gasteiger partial charge on any atom is -0.377 e. The van der Waals surface area contributed by atoms with Crippen molar-refractivity contribution in [1.29, 1.82) is 0 Å². The number of nitrogens with zero attached hydrogens (tertiary/aromatic N) is 2. The maximum Gasteiger partial charge on any atom is 0.0804 e. The molecule has 11 heavy (non-hydrogen) atoms. The van der Waals surface area contributed by atoms with Gasteiger partial charge in [0.1, 0.15) is 0 Å². The van der Waals surface area contributed by atoms with Crippen molar-refractivity contribution in [2.75, 3.05) is 46.9 Å².